The van der Waals surface area contributed by atoms with Gasteiger partial charge in [-0.05, 0) is 26.0 Å². The Kier molecular flexibility index (Phi) is 2.63. The van der Waals surface area contributed by atoms with E-state index in [1.165, 1.54) is 0 Å². The second-order valence-electron chi connectivity index (χ2n) is 6.17. The predicted molar refractivity (Wildman–Crippen MR) is 72.0 cm³/mol. The van der Waals surface area contributed by atoms with E-state index in [2.05, 4.69) is 0 Å². The average Bonchev–Trinajstić information content (AvgIpc) is 3.04. The van der Waals surface area contributed by atoms with Gasteiger partial charge in [-0.3, -0.25) is 4.84 Å². The number of ether oxygens (including phenoxy) is 2. The molecular weight excluding hydrogens is 258 g/mol. The van der Waals surface area contributed by atoms with Gasteiger partial charge >= 0.3 is 0 Å². The molecule has 1 aliphatic carbocycles. The number of benzene rings is 1. The van der Waals surface area contributed by atoms with Crippen molar-refractivity contribution in [1.82, 2.24) is 0 Å². The van der Waals surface area contributed by atoms with E-state index in [1.807, 2.05) is 49.2 Å². The van der Waals surface area contributed by atoms with E-state index in [9.17, 15) is 5.11 Å². The lowest BCUT2D eigenvalue weighted by molar-refractivity contribution is -0.166. The molecule has 0 spiro atoms. The molecule has 5 nitrogen and oxygen atoms in total. The summed E-state index contributed by atoms with van der Waals surface area (Å²) in [5, 5.41) is 12.4. The lowest BCUT2D eigenvalue weighted by Crippen LogP contribution is -2.43. The zero-order chi connectivity index (χ0) is 13.9. The first-order chi connectivity index (χ1) is 9.57. The van der Waals surface area contributed by atoms with Crippen molar-refractivity contribution >= 4 is 5.69 Å². The van der Waals surface area contributed by atoms with Crippen LogP contribution in [-0.4, -0.2) is 41.9 Å². The smallest absolute Gasteiger partial charge is 0.163 e. The van der Waals surface area contributed by atoms with Crippen LogP contribution in [-0.2, 0) is 14.3 Å². The molecule has 1 aromatic rings. The van der Waals surface area contributed by atoms with E-state index >= 15 is 0 Å². The summed E-state index contributed by atoms with van der Waals surface area (Å²) in [7, 11) is 0. The molecule has 20 heavy (non-hydrogen) atoms. The van der Waals surface area contributed by atoms with Gasteiger partial charge in [0, 0.05) is 5.92 Å². The van der Waals surface area contributed by atoms with Crippen LogP contribution in [0.5, 0.6) is 0 Å². The molecule has 1 aromatic carbocycles. The summed E-state index contributed by atoms with van der Waals surface area (Å²) < 4.78 is 11.8. The molecule has 2 heterocycles. The Hall–Kier alpha value is -1.14. The molecule has 0 aromatic heterocycles. The van der Waals surface area contributed by atoms with Crippen LogP contribution in [0.4, 0.5) is 5.69 Å². The van der Waals surface area contributed by atoms with Crippen LogP contribution in [0, 0.1) is 5.92 Å². The fourth-order valence-electron chi connectivity index (χ4n) is 3.63. The summed E-state index contributed by atoms with van der Waals surface area (Å²) in [6.07, 6.45) is -0.969. The van der Waals surface area contributed by atoms with Gasteiger partial charge in [-0.15, -0.1) is 0 Å². The highest BCUT2D eigenvalue weighted by Crippen LogP contribution is 2.47. The Morgan fingerprint density at radius 3 is 2.60 bits per heavy atom. The molecule has 5 heteroatoms. The summed E-state index contributed by atoms with van der Waals surface area (Å²) in [4.78, 5) is 5.79. The van der Waals surface area contributed by atoms with E-state index in [0.717, 1.165) is 5.69 Å². The molecule has 2 aliphatic heterocycles. The van der Waals surface area contributed by atoms with Gasteiger partial charge in [-0.1, -0.05) is 18.2 Å². The quantitative estimate of drug-likeness (QED) is 0.839. The van der Waals surface area contributed by atoms with Gasteiger partial charge in [-0.25, -0.2) is 5.06 Å². The number of hydrogen-bond donors (Lipinski definition) is 1. The first kappa shape index (κ1) is 12.6. The highest BCUT2D eigenvalue weighted by Gasteiger charge is 2.62. The molecule has 5 atom stereocenters. The highest BCUT2D eigenvalue weighted by molar-refractivity contribution is 5.46. The van der Waals surface area contributed by atoms with Crippen molar-refractivity contribution in [2.24, 2.45) is 5.92 Å². The number of hydroxylamine groups is 1. The Bertz CT molecular complexity index is 506. The summed E-state index contributed by atoms with van der Waals surface area (Å²) in [6, 6.07) is 9.74. The summed E-state index contributed by atoms with van der Waals surface area (Å²) in [6.45, 7) is 4.33. The summed E-state index contributed by atoms with van der Waals surface area (Å²) >= 11 is 0. The number of anilines is 1. The summed E-state index contributed by atoms with van der Waals surface area (Å²) in [5.74, 6) is -0.487. The van der Waals surface area contributed by atoms with Gasteiger partial charge in [0.2, 0.25) is 0 Å². The van der Waals surface area contributed by atoms with E-state index in [-0.39, 0.29) is 24.2 Å². The predicted octanol–water partition coefficient (Wildman–Crippen LogP) is 1.32. The number of fused-ring (bicyclic) bond motifs is 3. The molecular formula is C15H19NO4. The van der Waals surface area contributed by atoms with Crippen LogP contribution in [0.3, 0.4) is 0 Å². The Morgan fingerprint density at radius 2 is 1.85 bits per heavy atom. The topological polar surface area (TPSA) is 51.2 Å². The highest BCUT2D eigenvalue weighted by atomic mass is 16.8. The van der Waals surface area contributed by atoms with Crippen molar-refractivity contribution in [3.8, 4) is 0 Å². The second-order valence-corrected chi connectivity index (χ2v) is 6.17. The van der Waals surface area contributed by atoms with Crippen molar-refractivity contribution in [2.75, 3.05) is 11.7 Å². The van der Waals surface area contributed by atoms with Crippen LogP contribution >= 0.6 is 0 Å². The van der Waals surface area contributed by atoms with Crippen molar-refractivity contribution in [1.29, 1.82) is 0 Å². The molecule has 2 saturated heterocycles. The monoisotopic (exact) mass is 277 g/mol. The molecule has 0 bridgehead atoms. The molecule has 4 rings (SSSR count). The minimum absolute atomic E-state index is 0.0984. The van der Waals surface area contributed by atoms with Crippen LogP contribution in [0.15, 0.2) is 30.3 Å². The summed E-state index contributed by atoms with van der Waals surface area (Å²) in [5.41, 5.74) is 0.957. The maximum Gasteiger partial charge on any atom is 0.163 e. The van der Waals surface area contributed by atoms with Crippen molar-refractivity contribution < 1.29 is 19.4 Å². The first-order valence-corrected chi connectivity index (χ1v) is 7.08. The van der Waals surface area contributed by atoms with Crippen LogP contribution < -0.4 is 5.06 Å². The molecule has 0 unspecified atom stereocenters. The molecule has 1 saturated carbocycles. The minimum Gasteiger partial charge on any atom is -0.388 e. The Balaban J connectivity index is 1.63. The van der Waals surface area contributed by atoms with Gasteiger partial charge in [-0.2, -0.15) is 0 Å². The third-order valence-electron chi connectivity index (χ3n) is 4.40. The third-order valence-corrected chi connectivity index (χ3v) is 4.40. The number of hydrogen-bond acceptors (Lipinski definition) is 5. The molecule has 0 radical (unpaired) electrons. The third kappa shape index (κ3) is 1.71. The molecule has 1 N–H and O–H groups in total. The maximum absolute atomic E-state index is 10.6. The molecule has 3 aliphatic rings. The SMILES string of the molecule is CC1(C)O[C@@H]2[C@@H](O)[C@H]3[C@H](CON3c3ccccc3)[C@@H]2O1. The van der Waals surface area contributed by atoms with E-state index < -0.39 is 11.9 Å². The average molecular weight is 277 g/mol. The number of rotatable bonds is 1. The van der Waals surface area contributed by atoms with Crippen molar-refractivity contribution in [3.05, 3.63) is 30.3 Å². The van der Waals surface area contributed by atoms with Gasteiger partial charge in [0.05, 0.1) is 24.4 Å². The number of aliphatic hydroxyl groups excluding tert-OH is 1. The molecule has 3 fully saturated rings. The lowest BCUT2D eigenvalue weighted by Gasteiger charge is -2.29. The van der Waals surface area contributed by atoms with E-state index in [0.29, 0.717) is 6.61 Å². The number of nitrogens with zero attached hydrogens (tertiary/aromatic N) is 1. The van der Waals surface area contributed by atoms with Gasteiger partial charge in [0.15, 0.2) is 5.79 Å². The zero-order valence-corrected chi connectivity index (χ0v) is 11.6. The number of para-hydroxylation sites is 1. The van der Waals surface area contributed by atoms with Gasteiger partial charge in [0.25, 0.3) is 0 Å². The zero-order valence-electron chi connectivity index (χ0n) is 11.6. The standard InChI is InChI=1S/C15H19NO4/c1-15(2)19-13-10-8-18-16(9-6-4-3-5-7-9)11(10)12(17)14(13)20-15/h3-7,10-14,17H,8H2,1-2H3/t10-,11+,12-,13-,14+/m0/s1. The maximum atomic E-state index is 10.6. The lowest BCUT2D eigenvalue weighted by atomic mass is 10.0. The van der Waals surface area contributed by atoms with E-state index in [1.54, 1.807) is 0 Å². The molecule has 0 amide bonds. The minimum atomic E-state index is -0.624. The van der Waals surface area contributed by atoms with Crippen molar-refractivity contribution in [2.45, 2.75) is 44.0 Å². The van der Waals surface area contributed by atoms with E-state index in [4.69, 9.17) is 14.3 Å². The fourth-order valence-corrected chi connectivity index (χ4v) is 3.63. The normalized spacial score (nSPS) is 41.8. The fraction of sp³-hybridized carbons (Fsp3) is 0.600. The Morgan fingerprint density at radius 1 is 1.15 bits per heavy atom. The van der Waals surface area contributed by atoms with Crippen LogP contribution in [0.25, 0.3) is 0 Å². The number of aliphatic hydroxyl groups is 1. The Labute approximate surface area is 118 Å². The second kappa shape index (κ2) is 4.18. The molecule has 108 valence electrons. The largest absolute Gasteiger partial charge is 0.388 e. The van der Waals surface area contributed by atoms with Crippen LogP contribution in [0.2, 0.25) is 0 Å². The van der Waals surface area contributed by atoms with Gasteiger partial charge < -0.3 is 14.6 Å². The van der Waals surface area contributed by atoms with Crippen LogP contribution in [0.1, 0.15) is 13.8 Å². The van der Waals surface area contributed by atoms with Gasteiger partial charge in [0.1, 0.15) is 12.2 Å². The first-order valence-electron chi connectivity index (χ1n) is 7.08. The van der Waals surface area contributed by atoms with Crippen molar-refractivity contribution in [3.63, 3.8) is 0 Å².